The Bertz CT molecular complexity index is 539. The Hall–Kier alpha value is -0.390. The first-order valence-electron chi connectivity index (χ1n) is 5.27. The Balaban J connectivity index is 2.43. The maximum absolute atomic E-state index is 10.4. The third-order valence-electron chi connectivity index (χ3n) is 2.61. The maximum Gasteiger partial charge on any atom is 0.105 e. The highest BCUT2D eigenvalue weighted by atomic mass is 127. The minimum atomic E-state index is -0.584. The van der Waals surface area contributed by atoms with Crippen LogP contribution in [0.5, 0.6) is 0 Å². The summed E-state index contributed by atoms with van der Waals surface area (Å²) in [5.74, 6) is 0. The molecule has 0 bridgehead atoms. The predicted molar refractivity (Wildman–Crippen MR) is 82.1 cm³/mol. The lowest BCUT2D eigenvalue weighted by molar-refractivity contribution is 0.219. The molecule has 1 unspecified atom stereocenters. The topological polar surface area (TPSA) is 20.2 Å². The summed E-state index contributed by atoms with van der Waals surface area (Å²) in [6.07, 6.45) is -0.584. The summed E-state index contributed by atoms with van der Waals surface area (Å²) in [5, 5.41) is 10.4. The van der Waals surface area contributed by atoms with Gasteiger partial charge in [0.2, 0.25) is 0 Å². The molecule has 0 saturated heterocycles. The molecule has 0 saturated carbocycles. The van der Waals surface area contributed by atoms with Crippen LogP contribution in [0.3, 0.4) is 0 Å². The average molecular weight is 403 g/mol. The monoisotopic (exact) mass is 402 g/mol. The number of aliphatic hydroxyl groups is 1. The molecule has 0 amide bonds. The minimum absolute atomic E-state index is 0.584. The van der Waals surface area contributed by atoms with Gasteiger partial charge in [-0.3, -0.25) is 0 Å². The van der Waals surface area contributed by atoms with Gasteiger partial charge >= 0.3 is 0 Å². The summed E-state index contributed by atoms with van der Waals surface area (Å²) < 4.78 is 2.06. The van der Waals surface area contributed by atoms with Crippen LogP contribution in [-0.2, 0) is 0 Å². The van der Waals surface area contributed by atoms with Crippen molar-refractivity contribution in [2.24, 2.45) is 0 Å². The zero-order valence-electron chi connectivity index (χ0n) is 9.32. The molecule has 1 atom stereocenters. The summed E-state index contributed by atoms with van der Waals surface area (Å²) >= 11 is 5.73. The molecule has 0 spiro atoms. The van der Waals surface area contributed by atoms with Crippen LogP contribution in [0.2, 0.25) is 0 Å². The molecule has 0 aliphatic carbocycles. The van der Waals surface area contributed by atoms with Gasteiger partial charge in [0.15, 0.2) is 0 Å². The molecule has 0 aliphatic heterocycles. The van der Waals surface area contributed by atoms with Crippen LogP contribution in [0.25, 0.3) is 0 Å². The van der Waals surface area contributed by atoms with Crippen LogP contribution in [0.15, 0.2) is 46.9 Å². The summed E-state index contributed by atoms with van der Waals surface area (Å²) in [5.41, 5.74) is 2.98. The Morgan fingerprint density at radius 3 is 2.65 bits per heavy atom. The first-order valence-corrected chi connectivity index (χ1v) is 7.14. The number of hydrogen-bond acceptors (Lipinski definition) is 1. The molecule has 3 heteroatoms. The van der Waals surface area contributed by atoms with Crippen molar-refractivity contribution in [3.8, 4) is 0 Å². The molecule has 1 nitrogen and oxygen atoms in total. The fourth-order valence-corrected chi connectivity index (χ4v) is 2.72. The van der Waals surface area contributed by atoms with E-state index in [0.29, 0.717) is 0 Å². The third kappa shape index (κ3) is 3.09. The fourth-order valence-electron chi connectivity index (χ4n) is 1.74. The van der Waals surface area contributed by atoms with E-state index in [1.807, 2.05) is 49.4 Å². The van der Waals surface area contributed by atoms with Crippen LogP contribution < -0.4 is 0 Å². The van der Waals surface area contributed by atoms with Crippen LogP contribution in [0, 0.1) is 10.5 Å². The Morgan fingerprint density at radius 2 is 1.94 bits per heavy atom. The van der Waals surface area contributed by atoms with Gasteiger partial charge in [0.05, 0.1) is 0 Å². The SMILES string of the molecule is Cc1cccc(C(O)c2cc(I)ccc2Br)c1. The number of aliphatic hydroxyl groups excluding tert-OH is 1. The van der Waals surface area contributed by atoms with E-state index >= 15 is 0 Å². The molecule has 0 aromatic heterocycles. The fraction of sp³-hybridized carbons (Fsp3) is 0.143. The first-order chi connectivity index (χ1) is 8.08. The molecule has 1 N–H and O–H groups in total. The maximum atomic E-state index is 10.4. The minimum Gasteiger partial charge on any atom is -0.384 e. The van der Waals surface area contributed by atoms with Gasteiger partial charge in [-0.2, -0.15) is 0 Å². The zero-order chi connectivity index (χ0) is 12.4. The average Bonchev–Trinajstić information content (AvgIpc) is 2.31. The molecular formula is C14H12BrIO. The van der Waals surface area contributed by atoms with Crippen molar-refractivity contribution in [3.05, 3.63) is 67.2 Å². The van der Waals surface area contributed by atoms with Crippen molar-refractivity contribution in [2.45, 2.75) is 13.0 Å². The smallest absolute Gasteiger partial charge is 0.105 e. The van der Waals surface area contributed by atoms with E-state index in [-0.39, 0.29) is 0 Å². The van der Waals surface area contributed by atoms with Crippen molar-refractivity contribution < 1.29 is 5.11 Å². The lowest BCUT2D eigenvalue weighted by Gasteiger charge is -2.14. The van der Waals surface area contributed by atoms with E-state index < -0.39 is 6.10 Å². The summed E-state index contributed by atoms with van der Waals surface area (Å²) in [6.45, 7) is 2.03. The number of benzene rings is 2. The molecular weight excluding hydrogens is 391 g/mol. The van der Waals surface area contributed by atoms with E-state index in [0.717, 1.165) is 24.7 Å². The summed E-state index contributed by atoms with van der Waals surface area (Å²) in [7, 11) is 0. The summed E-state index contributed by atoms with van der Waals surface area (Å²) in [6, 6.07) is 13.9. The van der Waals surface area contributed by atoms with Crippen LogP contribution in [-0.4, -0.2) is 5.11 Å². The second kappa shape index (κ2) is 5.50. The number of halogens is 2. The Kier molecular flexibility index (Phi) is 4.22. The Morgan fingerprint density at radius 1 is 1.18 bits per heavy atom. The largest absolute Gasteiger partial charge is 0.384 e. The van der Waals surface area contributed by atoms with Gasteiger partial charge in [-0.25, -0.2) is 0 Å². The quantitative estimate of drug-likeness (QED) is 0.736. The van der Waals surface area contributed by atoms with Crippen molar-refractivity contribution in [1.29, 1.82) is 0 Å². The predicted octanol–water partition coefficient (Wildman–Crippen LogP) is 4.44. The van der Waals surface area contributed by atoms with Crippen molar-refractivity contribution in [3.63, 3.8) is 0 Å². The van der Waals surface area contributed by atoms with E-state index in [9.17, 15) is 5.11 Å². The van der Waals surface area contributed by atoms with E-state index in [2.05, 4.69) is 38.5 Å². The van der Waals surface area contributed by atoms with Gasteiger partial charge < -0.3 is 5.11 Å². The van der Waals surface area contributed by atoms with E-state index in [1.165, 1.54) is 0 Å². The molecule has 88 valence electrons. The highest BCUT2D eigenvalue weighted by Crippen LogP contribution is 2.30. The molecule has 0 fully saturated rings. The van der Waals surface area contributed by atoms with Gasteiger partial charge in [-0.1, -0.05) is 45.8 Å². The lowest BCUT2D eigenvalue weighted by Crippen LogP contribution is -2.01. The molecule has 2 aromatic rings. The van der Waals surface area contributed by atoms with Gasteiger partial charge in [-0.15, -0.1) is 0 Å². The Labute approximate surface area is 123 Å². The molecule has 0 heterocycles. The number of rotatable bonds is 2. The second-order valence-corrected chi connectivity index (χ2v) is 6.08. The number of aryl methyl sites for hydroxylation is 1. The first kappa shape index (κ1) is 13.1. The third-order valence-corrected chi connectivity index (χ3v) is 4.00. The van der Waals surface area contributed by atoms with E-state index in [1.54, 1.807) is 0 Å². The normalized spacial score (nSPS) is 12.5. The van der Waals surface area contributed by atoms with Crippen molar-refractivity contribution in [1.82, 2.24) is 0 Å². The molecule has 17 heavy (non-hydrogen) atoms. The molecule has 0 radical (unpaired) electrons. The van der Waals surface area contributed by atoms with Crippen LogP contribution in [0.4, 0.5) is 0 Å². The van der Waals surface area contributed by atoms with Crippen molar-refractivity contribution in [2.75, 3.05) is 0 Å². The number of hydrogen-bond donors (Lipinski definition) is 1. The van der Waals surface area contributed by atoms with Gasteiger partial charge in [0.1, 0.15) is 6.10 Å². The molecule has 0 aliphatic rings. The van der Waals surface area contributed by atoms with Gasteiger partial charge in [0.25, 0.3) is 0 Å². The van der Waals surface area contributed by atoms with Crippen LogP contribution >= 0.6 is 38.5 Å². The highest BCUT2D eigenvalue weighted by molar-refractivity contribution is 14.1. The van der Waals surface area contributed by atoms with Gasteiger partial charge in [-0.05, 0) is 53.3 Å². The van der Waals surface area contributed by atoms with Crippen LogP contribution in [0.1, 0.15) is 22.8 Å². The van der Waals surface area contributed by atoms with Gasteiger partial charge in [0, 0.05) is 13.6 Å². The zero-order valence-corrected chi connectivity index (χ0v) is 13.1. The van der Waals surface area contributed by atoms with Crippen molar-refractivity contribution >= 4 is 38.5 Å². The molecule has 2 rings (SSSR count). The highest BCUT2D eigenvalue weighted by Gasteiger charge is 2.13. The summed E-state index contributed by atoms with van der Waals surface area (Å²) in [4.78, 5) is 0. The second-order valence-electron chi connectivity index (χ2n) is 3.98. The molecule has 2 aromatic carbocycles. The standard InChI is InChI=1S/C14H12BrIO/c1-9-3-2-4-10(7-9)14(17)12-8-11(16)5-6-13(12)15/h2-8,14,17H,1H3. The van der Waals surface area contributed by atoms with E-state index in [4.69, 9.17) is 0 Å². The lowest BCUT2D eigenvalue weighted by atomic mass is 10.0.